The first-order valence-electron chi connectivity index (χ1n) is 4.89. The van der Waals surface area contributed by atoms with Crippen molar-refractivity contribution in [2.75, 3.05) is 25.2 Å². The van der Waals surface area contributed by atoms with E-state index in [1.807, 2.05) is 11.8 Å². The topological polar surface area (TPSA) is 64.3 Å². The van der Waals surface area contributed by atoms with Gasteiger partial charge in [0.05, 0.1) is 0 Å². The van der Waals surface area contributed by atoms with Crippen LogP contribution >= 0.6 is 11.8 Å². The van der Waals surface area contributed by atoms with Crippen molar-refractivity contribution in [1.29, 1.82) is 0 Å². The molecule has 1 amide bonds. The number of carbonyl (C=O) groups is 1. The van der Waals surface area contributed by atoms with E-state index in [1.54, 1.807) is 0 Å². The number of hydrogen-bond acceptors (Lipinski definition) is 4. The third kappa shape index (κ3) is 3.48. The fourth-order valence-corrected chi connectivity index (χ4v) is 2.53. The summed E-state index contributed by atoms with van der Waals surface area (Å²) in [4.78, 5) is 11.5. The normalized spacial score (nSPS) is 24.3. The van der Waals surface area contributed by atoms with E-state index in [9.17, 15) is 4.79 Å². The van der Waals surface area contributed by atoms with Crippen LogP contribution < -0.4 is 11.1 Å². The van der Waals surface area contributed by atoms with Crippen molar-refractivity contribution in [2.45, 2.75) is 25.0 Å². The summed E-state index contributed by atoms with van der Waals surface area (Å²) in [5.74, 6) is 2.13. The molecule has 1 fully saturated rings. The summed E-state index contributed by atoms with van der Waals surface area (Å²) < 4.78 is 4.96. The molecule has 2 unspecified atom stereocenters. The molecule has 3 N–H and O–H groups in total. The first-order valence-corrected chi connectivity index (χ1v) is 6.04. The molecule has 0 radical (unpaired) electrons. The molecule has 0 aromatic heterocycles. The first kappa shape index (κ1) is 11.8. The predicted octanol–water partition coefficient (Wildman–Crippen LogP) is -0.0281. The summed E-state index contributed by atoms with van der Waals surface area (Å²) in [5.41, 5.74) is 5.40. The zero-order chi connectivity index (χ0) is 10.4. The summed E-state index contributed by atoms with van der Waals surface area (Å²) in [6, 6.07) is 0.297. The van der Waals surface area contributed by atoms with Gasteiger partial charge in [0.15, 0.2) is 0 Å². The molecule has 0 aromatic rings. The highest BCUT2D eigenvalue weighted by molar-refractivity contribution is 7.99. The second-order valence-corrected chi connectivity index (χ2v) is 4.53. The highest BCUT2D eigenvalue weighted by Gasteiger charge is 2.21. The molecule has 4 nitrogen and oxygen atoms in total. The number of nitrogens with two attached hydrogens (primary N) is 1. The average molecular weight is 218 g/mol. The van der Waals surface area contributed by atoms with Gasteiger partial charge in [0.1, 0.15) is 6.10 Å². The Hall–Kier alpha value is -0.260. The lowest BCUT2D eigenvalue weighted by Gasteiger charge is -2.24. The van der Waals surface area contributed by atoms with Crippen LogP contribution in [0.2, 0.25) is 0 Å². The number of thioether (sulfide) groups is 1. The van der Waals surface area contributed by atoms with Crippen molar-refractivity contribution in [3.63, 3.8) is 0 Å². The minimum Gasteiger partial charge on any atom is -0.370 e. The molecule has 1 rings (SSSR count). The minimum atomic E-state index is -0.498. The highest BCUT2D eigenvalue weighted by atomic mass is 32.2. The molecule has 1 aliphatic rings. The number of rotatable bonds is 4. The van der Waals surface area contributed by atoms with Gasteiger partial charge in [-0.15, -0.1) is 0 Å². The summed E-state index contributed by atoms with van der Waals surface area (Å²) >= 11 is 1.89. The third-order valence-corrected chi connectivity index (χ3v) is 3.51. The highest BCUT2D eigenvalue weighted by Crippen LogP contribution is 2.16. The van der Waals surface area contributed by atoms with Crippen molar-refractivity contribution in [3.05, 3.63) is 0 Å². The number of nitrogens with one attached hydrogen (secondary N) is 1. The molecule has 1 aliphatic heterocycles. The first-order chi connectivity index (χ1) is 6.77. The van der Waals surface area contributed by atoms with Crippen LogP contribution in [0.5, 0.6) is 0 Å². The van der Waals surface area contributed by atoms with Gasteiger partial charge in [-0.05, 0) is 18.6 Å². The molecule has 0 bridgehead atoms. The van der Waals surface area contributed by atoms with E-state index in [0.29, 0.717) is 6.04 Å². The Morgan fingerprint density at radius 3 is 3.07 bits per heavy atom. The number of amides is 1. The number of hydrogen-bond donors (Lipinski definition) is 2. The van der Waals surface area contributed by atoms with Crippen molar-refractivity contribution < 1.29 is 9.53 Å². The number of ether oxygens (including phenoxy) is 1. The molecule has 0 spiro atoms. The Labute approximate surface area is 88.9 Å². The SMILES string of the molecule is COC(CN)C(=O)NC1CCCSC1. The Balaban J connectivity index is 2.30. The molecule has 82 valence electrons. The van der Waals surface area contributed by atoms with E-state index < -0.39 is 6.10 Å². The van der Waals surface area contributed by atoms with Gasteiger partial charge in [-0.1, -0.05) is 0 Å². The second kappa shape index (κ2) is 6.27. The van der Waals surface area contributed by atoms with Crippen LogP contribution in [0.3, 0.4) is 0 Å². The molecular formula is C9H18N2O2S. The fourth-order valence-electron chi connectivity index (χ4n) is 1.46. The second-order valence-electron chi connectivity index (χ2n) is 3.38. The van der Waals surface area contributed by atoms with Gasteiger partial charge in [0.25, 0.3) is 5.91 Å². The standard InChI is InChI=1S/C9H18N2O2S/c1-13-8(5-10)9(12)11-7-3-2-4-14-6-7/h7-8H,2-6,10H2,1H3,(H,11,12). The third-order valence-electron chi connectivity index (χ3n) is 2.30. The number of methoxy groups -OCH3 is 1. The van der Waals surface area contributed by atoms with E-state index in [0.717, 1.165) is 12.2 Å². The maximum atomic E-state index is 11.5. The monoisotopic (exact) mass is 218 g/mol. The lowest BCUT2D eigenvalue weighted by atomic mass is 10.2. The van der Waals surface area contributed by atoms with Gasteiger partial charge >= 0.3 is 0 Å². The summed E-state index contributed by atoms with van der Waals surface area (Å²) in [6.45, 7) is 0.238. The molecule has 1 saturated heterocycles. The fraction of sp³-hybridized carbons (Fsp3) is 0.889. The van der Waals surface area contributed by atoms with Gasteiger partial charge in [0, 0.05) is 25.4 Å². The van der Waals surface area contributed by atoms with Crippen LogP contribution in [-0.4, -0.2) is 43.2 Å². The van der Waals surface area contributed by atoms with Crippen molar-refractivity contribution >= 4 is 17.7 Å². The predicted molar refractivity (Wildman–Crippen MR) is 58.3 cm³/mol. The van der Waals surface area contributed by atoms with Gasteiger partial charge < -0.3 is 15.8 Å². The van der Waals surface area contributed by atoms with Gasteiger partial charge in [0.2, 0.25) is 0 Å². The van der Waals surface area contributed by atoms with Crippen LogP contribution in [0.4, 0.5) is 0 Å². The van der Waals surface area contributed by atoms with Crippen molar-refractivity contribution in [1.82, 2.24) is 5.32 Å². The summed E-state index contributed by atoms with van der Waals surface area (Å²) in [7, 11) is 1.51. The van der Waals surface area contributed by atoms with Crippen molar-refractivity contribution in [2.24, 2.45) is 5.73 Å². The molecule has 1 heterocycles. The molecule has 2 atom stereocenters. The molecule has 0 aliphatic carbocycles. The van der Waals surface area contributed by atoms with Gasteiger partial charge in [-0.3, -0.25) is 4.79 Å². The maximum Gasteiger partial charge on any atom is 0.250 e. The smallest absolute Gasteiger partial charge is 0.250 e. The van der Waals surface area contributed by atoms with Crippen LogP contribution in [0.15, 0.2) is 0 Å². The lowest BCUT2D eigenvalue weighted by Crippen LogP contribution is -2.46. The Morgan fingerprint density at radius 2 is 2.57 bits per heavy atom. The van der Waals surface area contributed by atoms with E-state index in [-0.39, 0.29) is 12.5 Å². The number of carbonyl (C=O) groups excluding carboxylic acids is 1. The Bertz CT molecular complexity index is 180. The van der Waals surface area contributed by atoms with E-state index in [1.165, 1.54) is 19.3 Å². The maximum absolute atomic E-state index is 11.5. The molecule has 0 aromatic carbocycles. The van der Waals surface area contributed by atoms with Crippen LogP contribution in [-0.2, 0) is 9.53 Å². The van der Waals surface area contributed by atoms with E-state index in [2.05, 4.69) is 5.32 Å². The molecular weight excluding hydrogens is 200 g/mol. The summed E-state index contributed by atoms with van der Waals surface area (Å²) in [5, 5.41) is 2.96. The summed E-state index contributed by atoms with van der Waals surface area (Å²) in [6.07, 6.45) is 1.75. The van der Waals surface area contributed by atoms with Crippen LogP contribution in [0.1, 0.15) is 12.8 Å². The van der Waals surface area contributed by atoms with Crippen LogP contribution in [0, 0.1) is 0 Å². The van der Waals surface area contributed by atoms with E-state index in [4.69, 9.17) is 10.5 Å². The molecule has 14 heavy (non-hydrogen) atoms. The van der Waals surface area contributed by atoms with Gasteiger partial charge in [-0.25, -0.2) is 0 Å². The molecule has 5 heteroatoms. The Kier molecular flexibility index (Phi) is 5.29. The zero-order valence-electron chi connectivity index (χ0n) is 8.49. The lowest BCUT2D eigenvalue weighted by molar-refractivity contribution is -0.131. The average Bonchev–Trinajstić information content (AvgIpc) is 2.21. The minimum absolute atomic E-state index is 0.0810. The van der Waals surface area contributed by atoms with E-state index >= 15 is 0 Å². The largest absolute Gasteiger partial charge is 0.370 e. The van der Waals surface area contributed by atoms with Crippen LogP contribution in [0.25, 0.3) is 0 Å². The Morgan fingerprint density at radius 1 is 1.79 bits per heavy atom. The zero-order valence-corrected chi connectivity index (χ0v) is 9.31. The quantitative estimate of drug-likeness (QED) is 0.695. The van der Waals surface area contributed by atoms with Crippen molar-refractivity contribution in [3.8, 4) is 0 Å². The van der Waals surface area contributed by atoms with Gasteiger partial charge in [-0.2, -0.15) is 11.8 Å². The molecule has 0 saturated carbocycles.